The summed E-state index contributed by atoms with van der Waals surface area (Å²) in [6, 6.07) is 5.40. The van der Waals surface area contributed by atoms with Gasteiger partial charge in [-0.15, -0.1) is 0 Å². The van der Waals surface area contributed by atoms with Crippen LogP contribution in [0.15, 0.2) is 18.2 Å². The van der Waals surface area contributed by atoms with Gasteiger partial charge in [0.05, 0.1) is 0 Å². The van der Waals surface area contributed by atoms with E-state index < -0.39 is 0 Å². The number of aromatic nitrogens is 1. The van der Waals surface area contributed by atoms with Crippen molar-refractivity contribution in [3.8, 4) is 0 Å². The molecule has 1 aromatic heterocycles. The van der Waals surface area contributed by atoms with Crippen molar-refractivity contribution in [2.24, 2.45) is 0 Å². The third kappa shape index (κ3) is 2.87. The molecule has 0 saturated heterocycles. The van der Waals surface area contributed by atoms with E-state index in [1.807, 2.05) is 12.1 Å². The molecule has 0 aromatic carbocycles. The van der Waals surface area contributed by atoms with Gasteiger partial charge in [-0.3, -0.25) is 4.79 Å². The molecule has 0 aliphatic heterocycles. The molecule has 0 unspecified atom stereocenters. The fourth-order valence-corrected chi connectivity index (χ4v) is 2.40. The monoisotopic (exact) mass is 262 g/mol. The van der Waals surface area contributed by atoms with E-state index in [0.717, 1.165) is 12.8 Å². The Balaban J connectivity index is 1.97. The minimum Gasteiger partial charge on any atom is -0.373 e. The lowest BCUT2D eigenvalue weighted by atomic mass is 9.75. The van der Waals surface area contributed by atoms with Crippen molar-refractivity contribution in [1.29, 1.82) is 0 Å². The predicted octanol–water partition coefficient (Wildman–Crippen LogP) is 1.34. The summed E-state index contributed by atoms with van der Waals surface area (Å²) in [5.41, 5.74) is 0.594. The van der Waals surface area contributed by atoms with Gasteiger partial charge in [-0.2, -0.15) is 0 Å². The fourth-order valence-electron chi connectivity index (χ4n) is 2.40. The van der Waals surface area contributed by atoms with Crippen LogP contribution in [0.5, 0.6) is 0 Å². The number of anilines is 1. The van der Waals surface area contributed by atoms with Crippen LogP contribution in [0, 0.1) is 0 Å². The van der Waals surface area contributed by atoms with Crippen LogP contribution in [-0.2, 0) is 0 Å². The van der Waals surface area contributed by atoms with Gasteiger partial charge in [0.1, 0.15) is 11.5 Å². The predicted molar refractivity (Wildman–Crippen MR) is 76.4 cm³/mol. The van der Waals surface area contributed by atoms with E-state index in [-0.39, 0.29) is 11.4 Å². The maximum absolute atomic E-state index is 12.1. The van der Waals surface area contributed by atoms with E-state index in [4.69, 9.17) is 0 Å². The number of hydrogen-bond acceptors (Lipinski definition) is 4. The number of carbonyl (C=O) groups excluding carboxylic acids is 1. The molecule has 0 radical (unpaired) electrons. The molecule has 2 rings (SSSR count). The summed E-state index contributed by atoms with van der Waals surface area (Å²) in [5.74, 6) is 0.601. The van der Waals surface area contributed by atoms with Gasteiger partial charge in [0.15, 0.2) is 0 Å². The van der Waals surface area contributed by atoms with E-state index in [2.05, 4.69) is 34.6 Å². The lowest BCUT2D eigenvalue weighted by Gasteiger charge is -2.47. The van der Waals surface area contributed by atoms with Crippen molar-refractivity contribution in [3.05, 3.63) is 23.9 Å². The molecule has 5 nitrogen and oxygen atoms in total. The summed E-state index contributed by atoms with van der Waals surface area (Å²) < 4.78 is 0. The fraction of sp³-hybridized carbons (Fsp3) is 0.571. The van der Waals surface area contributed by atoms with Gasteiger partial charge in [0, 0.05) is 19.1 Å². The van der Waals surface area contributed by atoms with Crippen molar-refractivity contribution >= 4 is 11.7 Å². The Kier molecular flexibility index (Phi) is 4.04. The van der Waals surface area contributed by atoms with Gasteiger partial charge in [0.2, 0.25) is 0 Å². The lowest BCUT2D eigenvalue weighted by Crippen LogP contribution is -2.57. The Labute approximate surface area is 114 Å². The summed E-state index contributed by atoms with van der Waals surface area (Å²) in [7, 11) is 5.94. The number of pyridine rings is 1. The topological polar surface area (TPSA) is 57.3 Å². The number of nitrogens with one attached hydrogen (secondary N) is 2. The second-order valence-corrected chi connectivity index (χ2v) is 5.31. The van der Waals surface area contributed by atoms with E-state index in [0.29, 0.717) is 18.1 Å². The van der Waals surface area contributed by atoms with Gasteiger partial charge in [-0.1, -0.05) is 6.07 Å². The average molecular weight is 262 g/mol. The van der Waals surface area contributed by atoms with Crippen molar-refractivity contribution in [2.75, 3.05) is 33.0 Å². The van der Waals surface area contributed by atoms with Crippen LogP contribution in [0.4, 0.5) is 5.82 Å². The van der Waals surface area contributed by atoms with Crippen LogP contribution >= 0.6 is 0 Å². The number of rotatable bonds is 5. The average Bonchev–Trinajstić information content (AvgIpc) is 2.37. The molecule has 1 heterocycles. The second-order valence-electron chi connectivity index (χ2n) is 5.31. The molecule has 1 fully saturated rings. The van der Waals surface area contributed by atoms with Crippen molar-refractivity contribution in [3.63, 3.8) is 0 Å². The number of hydrogen-bond donors (Lipinski definition) is 2. The van der Waals surface area contributed by atoms with E-state index in [1.165, 1.54) is 6.42 Å². The summed E-state index contributed by atoms with van der Waals surface area (Å²) >= 11 is 0. The number of nitrogens with zero attached hydrogens (tertiary/aromatic N) is 2. The Morgan fingerprint density at radius 1 is 1.42 bits per heavy atom. The number of carbonyl (C=O) groups is 1. The molecular formula is C14H22N4O. The van der Waals surface area contributed by atoms with Crippen LogP contribution in [0.1, 0.15) is 29.8 Å². The van der Waals surface area contributed by atoms with Crippen LogP contribution in [0.2, 0.25) is 0 Å². The maximum Gasteiger partial charge on any atom is 0.270 e. The first-order chi connectivity index (χ1) is 9.07. The Hall–Kier alpha value is -1.62. The molecule has 0 bridgehead atoms. The molecule has 0 atom stereocenters. The van der Waals surface area contributed by atoms with Crippen molar-refractivity contribution in [1.82, 2.24) is 15.2 Å². The lowest BCUT2D eigenvalue weighted by molar-refractivity contribution is 0.0556. The van der Waals surface area contributed by atoms with Gasteiger partial charge >= 0.3 is 0 Å². The molecule has 19 heavy (non-hydrogen) atoms. The quantitative estimate of drug-likeness (QED) is 0.840. The van der Waals surface area contributed by atoms with Gasteiger partial charge in [-0.05, 0) is 45.5 Å². The standard InChI is InChI=1S/C14H22N4O/c1-15-12-7-4-6-11(17-12)13(19)16-10-14(18(2)3)8-5-9-14/h4,6-7H,5,8-10H2,1-3H3,(H,15,17)(H,16,19). The minimum atomic E-state index is -0.106. The highest BCUT2D eigenvalue weighted by molar-refractivity contribution is 5.92. The highest BCUT2D eigenvalue weighted by Gasteiger charge is 2.39. The SMILES string of the molecule is CNc1cccc(C(=O)NCC2(N(C)C)CCC2)n1. The van der Waals surface area contributed by atoms with E-state index in [9.17, 15) is 4.79 Å². The van der Waals surface area contributed by atoms with Gasteiger partial charge < -0.3 is 15.5 Å². The van der Waals surface area contributed by atoms with Crippen LogP contribution in [0.25, 0.3) is 0 Å². The Bertz CT molecular complexity index is 455. The normalized spacial score (nSPS) is 16.8. The third-order valence-corrected chi connectivity index (χ3v) is 4.05. The first-order valence-corrected chi connectivity index (χ1v) is 6.68. The number of likely N-dealkylation sites (N-methyl/N-ethyl adjacent to an activating group) is 1. The van der Waals surface area contributed by atoms with Crippen LogP contribution in [-0.4, -0.2) is 49.0 Å². The first-order valence-electron chi connectivity index (χ1n) is 6.68. The van der Waals surface area contributed by atoms with E-state index >= 15 is 0 Å². The Morgan fingerprint density at radius 3 is 2.68 bits per heavy atom. The zero-order valence-corrected chi connectivity index (χ0v) is 11.9. The molecule has 0 spiro atoms. The van der Waals surface area contributed by atoms with Crippen LogP contribution < -0.4 is 10.6 Å². The molecule has 1 aromatic rings. The first kappa shape index (κ1) is 13.8. The molecule has 104 valence electrons. The Morgan fingerprint density at radius 2 is 2.16 bits per heavy atom. The van der Waals surface area contributed by atoms with Gasteiger partial charge in [-0.25, -0.2) is 4.98 Å². The minimum absolute atomic E-state index is 0.106. The van der Waals surface area contributed by atoms with E-state index in [1.54, 1.807) is 13.1 Å². The zero-order chi connectivity index (χ0) is 13.9. The molecule has 1 aliphatic carbocycles. The summed E-state index contributed by atoms with van der Waals surface area (Å²) in [5, 5.41) is 5.94. The third-order valence-electron chi connectivity index (χ3n) is 4.05. The highest BCUT2D eigenvalue weighted by Crippen LogP contribution is 2.35. The van der Waals surface area contributed by atoms with Crippen molar-refractivity contribution < 1.29 is 4.79 Å². The molecule has 2 N–H and O–H groups in total. The molecule has 1 aliphatic rings. The smallest absolute Gasteiger partial charge is 0.270 e. The maximum atomic E-state index is 12.1. The largest absolute Gasteiger partial charge is 0.373 e. The van der Waals surface area contributed by atoms with Crippen molar-refractivity contribution in [2.45, 2.75) is 24.8 Å². The highest BCUT2D eigenvalue weighted by atomic mass is 16.1. The zero-order valence-electron chi connectivity index (χ0n) is 11.9. The summed E-state index contributed by atoms with van der Waals surface area (Å²) in [6.45, 7) is 0.685. The molecular weight excluding hydrogens is 240 g/mol. The molecule has 1 saturated carbocycles. The second kappa shape index (κ2) is 5.57. The number of amides is 1. The van der Waals surface area contributed by atoms with Gasteiger partial charge in [0.25, 0.3) is 5.91 Å². The molecule has 5 heteroatoms. The molecule has 1 amide bonds. The summed E-state index contributed by atoms with van der Waals surface area (Å²) in [6.07, 6.45) is 3.52. The summed E-state index contributed by atoms with van der Waals surface area (Å²) in [4.78, 5) is 18.6. The van der Waals surface area contributed by atoms with Crippen LogP contribution in [0.3, 0.4) is 0 Å².